The summed E-state index contributed by atoms with van der Waals surface area (Å²) in [5.74, 6) is 2.90. The molecule has 1 aromatic carbocycles. The lowest BCUT2D eigenvalue weighted by Crippen LogP contribution is -2.20. The molecule has 2 unspecified atom stereocenters. The monoisotopic (exact) mass is 511 g/mol. The lowest BCUT2D eigenvalue weighted by atomic mass is 9.99. The molecule has 0 aliphatic rings. The van der Waals surface area contributed by atoms with Crippen LogP contribution in [0.3, 0.4) is 0 Å². The smallest absolute Gasteiger partial charge is 0.395 e. The molecular formula is C25H30ClN7O3. The lowest BCUT2D eigenvalue weighted by molar-refractivity contribution is 0.207. The Hall–Kier alpha value is -3.68. The van der Waals surface area contributed by atoms with Gasteiger partial charge in [-0.3, -0.25) is 5.41 Å². The van der Waals surface area contributed by atoms with Crippen LogP contribution in [0.5, 0.6) is 0 Å². The first-order chi connectivity index (χ1) is 17.2. The van der Waals surface area contributed by atoms with Gasteiger partial charge in [-0.05, 0) is 37.8 Å². The number of rotatable bonds is 11. The zero-order chi connectivity index (χ0) is 26.2. The predicted molar refractivity (Wildman–Crippen MR) is 140 cm³/mol. The number of halogens is 1. The number of terminal acetylenes is 1. The van der Waals surface area contributed by atoms with Crippen molar-refractivity contribution in [1.29, 1.82) is 5.41 Å². The summed E-state index contributed by atoms with van der Waals surface area (Å²) in [6, 6.07) is 7.10. The van der Waals surface area contributed by atoms with Crippen molar-refractivity contribution >= 4 is 40.7 Å². The second-order valence-corrected chi connectivity index (χ2v) is 9.01. The van der Waals surface area contributed by atoms with Crippen molar-refractivity contribution in [3.05, 3.63) is 35.1 Å². The van der Waals surface area contributed by atoms with Crippen LogP contribution in [0.25, 0.3) is 22.4 Å². The van der Waals surface area contributed by atoms with Crippen LogP contribution in [0, 0.1) is 23.7 Å². The van der Waals surface area contributed by atoms with E-state index in [1.807, 2.05) is 10.6 Å². The number of benzene rings is 1. The summed E-state index contributed by atoms with van der Waals surface area (Å²) in [6.45, 7) is 4.41. The van der Waals surface area contributed by atoms with Crippen LogP contribution in [-0.4, -0.2) is 49.8 Å². The lowest BCUT2D eigenvalue weighted by Gasteiger charge is -2.20. The first kappa shape index (κ1) is 26.9. The highest BCUT2D eigenvalue weighted by Gasteiger charge is 2.24. The van der Waals surface area contributed by atoms with Gasteiger partial charge in [-0.15, -0.1) is 12.3 Å². The van der Waals surface area contributed by atoms with Crippen molar-refractivity contribution in [2.45, 2.75) is 45.6 Å². The molecule has 2 heterocycles. The number of ether oxygens (including phenoxy) is 1. The number of aliphatic hydroxyl groups excluding tert-OH is 1. The number of hydrogen-bond acceptors (Lipinski definition) is 8. The van der Waals surface area contributed by atoms with Gasteiger partial charge < -0.3 is 25.5 Å². The maximum absolute atomic E-state index is 11.2. The molecule has 0 bridgehead atoms. The summed E-state index contributed by atoms with van der Waals surface area (Å²) in [5.41, 5.74) is 7.14. The quantitative estimate of drug-likeness (QED) is 0.169. The molecule has 190 valence electrons. The number of fused-ring (bicyclic) bond motifs is 1. The van der Waals surface area contributed by atoms with Gasteiger partial charge in [-0.25, -0.2) is 14.8 Å². The van der Waals surface area contributed by atoms with Crippen LogP contribution < -0.4 is 11.1 Å². The number of aromatic nitrogens is 4. The minimum atomic E-state index is -1.14. The minimum absolute atomic E-state index is 0.0112. The van der Waals surface area contributed by atoms with Crippen LogP contribution >= 0.6 is 11.6 Å². The summed E-state index contributed by atoms with van der Waals surface area (Å²) in [6.07, 6.45) is 7.82. The highest BCUT2D eigenvalue weighted by molar-refractivity contribution is 6.30. The van der Waals surface area contributed by atoms with Crippen molar-refractivity contribution in [2.75, 3.05) is 18.5 Å². The molecule has 0 spiro atoms. The number of amides is 1. The first-order valence-corrected chi connectivity index (χ1v) is 12.0. The van der Waals surface area contributed by atoms with Gasteiger partial charge in [-0.2, -0.15) is 4.98 Å². The maximum atomic E-state index is 11.2. The van der Waals surface area contributed by atoms with Crippen LogP contribution in [0.4, 0.5) is 10.7 Å². The molecule has 0 aliphatic heterocycles. The van der Waals surface area contributed by atoms with E-state index in [1.54, 1.807) is 18.2 Å². The average Bonchev–Trinajstić information content (AvgIpc) is 3.20. The highest BCUT2D eigenvalue weighted by atomic mass is 35.5. The predicted octanol–water partition coefficient (Wildman–Crippen LogP) is 4.36. The Labute approximate surface area is 214 Å². The van der Waals surface area contributed by atoms with Crippen LogP contribution in [0.1, 0.15) is 51.4 Å². The molecule has 11 heteroatoms. The number of nitrogens with one attached hydrogen (secondary N) is 2. The second-order valence-electron chi connectivity index (χ2n) is 8.58. The number of nitrogens with zero attached hydrogens (tertiary/aromatic N) is 4. The van der Waals surface area contributed by atoms with E-state index in [0.717, 1.165) is 25.7 Å². The molecule has 0 fully saturated rings. The van der Waals surface area contributed by atoms with E-state index in [0.29, 0.717) is 39.3 Å². The third-order valence-electron chi connectivity index (χ3n) is 5.67. The fourth-order valence-corrected chi connectivity index (χ4v) is 4.19. The topological polar surface area (TPSA) is 152 Å². The molecular weight excluding hydrogens is 482 g/mol. The fourth-order valence-electron chi connectivity index (χ4n) is 4.00. The number of primary amides is 1. The van der Waals surface area contributed by atoms with E-state index in [9.17, 15) is 9.90 Å². The number of carbonyl (C=O) groups is 1. The second kappa shape index (κ2) is 12.3. The fraction of sp³-hybridized carbons (Fsp3) is 0.400. The van der Waals surface area contributed by atoms with Crippen LogP contribution in [-0.2, 0) is 4.74 Å². The van der Waals surface area contributed by atoms with Gasteiger partial charge in [0.1, 0.15) is 11.2 Å². The molecule has 0 radical (unpaired) electrons. The summed E-state index contributed by atoms with van der Waals surface area (Å²) < 4.78 is 6.71. The van der Waals surface area contributed by atoms with E-state index < -0.39 is 12.0 Å². The summed E-state index contributed by atoms with van der Waals surface area (Å²) >= 11 is 6.27. The summed E-state index contributed by atoms with van der Waals surface area (Å²) in [4.78, 5) is 24.8. The van der Waals surface area contributed by atoms with E-state index in [2.05, 4.69) is 40.0 Å². The van der Waals surface area contributed by atoms with Crippen LogP contribution in [0.15, 0.2) is 24.3 Å². The van der Waals surface area contributed by atoms with Crippen LogP contribution in [0.2, 0.25) is 5.02 Å². The number of carbonyl (C=O) groups excluding carboxylic acids is 1. The van der Waals surface area contributed by atoms with E-state index >= 15 is 0 Å². The van der Waals surface area contributed by atoms with E-state index in [-0.39, 0.29) is 25.0 Å². The van der Waals surface area contributed by atoms with Gasteiger partial charge in [0.2, 0.25) is 11.8 Å². The van der Waals surface area contributed by atoms with E-state index in [1.165, 1.54) is 0 Å². The number of imidazole rings is 1. The third-order valence-corrected chi connectivity index (χ3v) is 5.91. The van der Waals surface area contributed by atoms with Crippen molar-refractivity contribution in [2.24, 2.45) is 11.7 Å². The number of hydrogen-bond donors (Lipinski definition) is 4. The van der Waals surface area contributed by atoms with Gasteiger partial charge in [-0.1, -0.05) is 37.1 Å². The molecule has 1 amide bonds. The number of aliphatic hydroxyl groups is 1. The first-order valence-electron chi connectivity index (χ1n) is 11.6. The molecule has 3 aromatic rings. The summed E-state index contributed by atoms with van der Waals surface area (Å²) in [5, 5.41) is 21.1. The molecule has 0 aliphatic carbocycles. The molecule has 10 nitrogen and oxygen atoms in total. The molecule has 0 saturated heterocycles. The van der Waals surface area contributed by atoms with Gasteiger partial charge in [0.25, 0.3) is 5.90 Å². The SMILES string of the molecule is C#CCC(C)CCCC(C)n1c(NCCO)nc2nc(C(=N)OC(N)=O)nc(-c3cccc(Cl)c3)c21. The van der Waals surface area contributed by atoms with Gasteiger partial charge >= 0.3 is 6.09 Å². The van der Waals surface area contributed by atoms with E-state index in [4.69, 9.17) is 33.9 Å². The Morgan fingerprint density at radius 1 is 1.33 bits per heavy atom. The normalized spacial score (nSPS) is 12.6. The van der Waals surface area contributed by atoms with Crippen molar-refractivity contribution in [1.82, 2.24) is 19.5 Å². The third kappa shape index (κ3) is 6.50. The largest absolute Gasteiger partial charge is 0.411 e. The number of anilines is 1. The molecule has 36 heavy (non-hydrogen) atoms. The molecule has 3 rings (SSSR count). The zero-order valence-corrected chi connectivity index (χ0v) is 21.0. The number of nitrogens with two attached hydrogens (primary N) is 1. The van der Waals surface area contributed by atoms with Gasteiger partial charge in [0.05, 0.1) is 6.61 Å². The van der Waals surface area contributed by atoms with Gasteiger partial charge in [0, 0.05) is 29.6 Å². The Bertz CT molecular complexity index is 1280. The van der Waals surface area contributed by atoms with Gasteiger partial charge in [0.15, 0.2) is 5.65 Å². The Kier molecular flexibility index (Phi) is 9.22. The maximum Gasteiger partial charge on any atom is 0.411 e. The Morgan fingerprint density at radius 3 is 2.78 bits per heavy atom. The zero-order valence-electron chi connectivity index (χ0n) is 20.3. The highest BCUT2D eigenvalue weighted by Crippen LogP contribution is 2.34. The molecule has 0 saturated carbocycles. The molecule has 2 aromatic heterocycles. The molecule has 5 N–H and O–H groups in total. The summed E-state index contributed by atoms with van der Waals surface area (Å²) in [7, 11) is 0. The molecule has 2 atom stereocenters. The van der Waals surface area contributed by atoms with Crippen molar-refractivity contribution in [3.63, 3.8) is 0 Å². The van der Waals surface area contributed by atoms with Crippen molar-refractivity contribution < 1.29 is 14.6 Å². The average molecular weight is 512 g/mol. The minimum Gasteiger partial charge on any atom is -0.395 e. The Balaban J connectivity index is 2.16. The Morgan fingerprint density at radius 2 is 2.11 bits per heavy atom. The van der Waals surface area contributed by atoms with Crippen molar-refractivity contribution in [3.8, 4) is 23.6 Å². The standard InChI is InChI=1S/C25H30ClN7O3/c1-4-7-15(2)8-5-9-16(3)33-20-19(17-10-6-11-18(26)14-17)30-23(21(27)36-24(28)35)31-22(20)32-25(33)29-12-13-34/h1,6,10-11,14-16,27,34H,5,7-9,12-13H2,2-3H3,(H2,28,35)(H,29,30,31,32).